The van der Waals surface area contributed by atoms with Crippen LogP contribution in [0.2, 0.25) is 0 Å². The molecule has 23 heavy (non-hydrogen) atoms. The molecule has 1 aromatic rings. The molecule has 1 N–H and O–H groups in total. The van der Waals surface area contributed by atoms with Gasteiger partial charge in [-0.1, -0.05) is 18.2 Å². The number of benzene rings is 1. The third-order valence-electron chi connectivity index (χ3n) is 2.64. The Bertz CT molecular complexity index is 544. The average molecular weight is 322 g/mol. The molecular formula is C17H22O6. The molecule has 1 aromatic carbocycles. The molecule has 6 heteroatoms. The Kier molecular flexibility index (Phi) is 6.90. The lowest BCUT2D eigenvalue weighted by molar-refractivity contribution is -0.156. The molecule has 0 saturated carbocycles. The predicted octanol–water partition coefficient (Wildman–Crippen LogP) is 1.90. The highest BCUT2D eigenvalue weighted by molar-refractivity contribution is 5.95. The van der Waals surface area contributed by atoms with E-state index < -0.39 is 35.8 Å². The molecule has 0 heterocycles. The van der Waals surface area contributed by atoms with Crippen LogP contribution in [0.25, 0.3) is 0 Å². The first kappa shape index (κ1) is 18.8. The Morgan fingerprint density at radius 3 is 2.30 bits per heavy atom. The van der Waals surface area contributed by atoms with Crippen LogP contribution in [0.5, 0.6) is 0 Å². The van der Waals surface area contributed by atoms with Crippen LogP contribution in [0.4, 0.5) is 0 Å². The summed E-state index contributed by atoms with van der Waals surface area (Å²) in [6, 6.07) is 8.32. The second kappa shape index (κ2) is 8.43. The van der Waals surface area contributed by atoms with E-state index in [9.17, 15) is 19.5 Å². The average Bonchev–Trinajstić information content (AvgIpc) is 2.43. The van der Waals surface area contributed by atoms with E-state index in [1.54, 1.807) is 51.1 Å². The Hall–Kier alpha value is -2.21. The largest absolute Gasteiger partial charge is 0.460 e. The summed E-state index contributed by atoms with van der Waals surface area (Å²) < 4.78 is 9.94. The molecule has 126 valence electrons. The van der Waals surface area contributed by atoms with Gasteiger partial charge >= 0.3 is 11.9 Å². The highest BCUT2D eigenvalue weighted by Crippen LogP contribution is 2.09. The fraction of sp³-hybridized carbons (Fsp3) is 0.471. The molecular weight excluding hydrogens is 300 g/mol. The van der Waals surface area contributed by atoms with Gasteiger partial charge in [-0.25, -0.2) is 4.79 Å². The molecule has 0 fully saturated rings. The van der Waals surface area contributed by atoms with Gasteiger partial charge in [0.05, 0.1) is 11.7 Å². The normalized spacial score (nSPS) is 12.3. The summed E-state index contributed by atoms with van der Waals surface area (Å²) in [6.07, 6.45) is -1.85. The standard InChI is InChI=1S/C17H22O6/c1-17(2,3)23-15(20)10-13(18)9-14(19)11-22-16(21)12-7-5-4-6-8-12/h4-8,14,19H,9-11H2,1-3H3. The number of rotatable bonds is 7. The van der Waals surface area contributed by atoms with Crippen molar-refractivity contribution < 1.29 is 29.0 Å². The molecule has 0 aromatic heterocycles. The number of ether oxygens (including phenoxy) is 2. The minimum atomic E-state index is -1.16. The lowest BCUT2D eigenvalue weighted by atomic mass is 10.1. The molecule has 1 atom stereocenters. The van der Waals surface area contributed by atoms with Crippen LogP contribution in [0, 0.1) is 0 Å². The van der Waals surface area contributed by atoms with Crippen LogP contribution in [0.1, 0.15) is 44.0 Å². The van der Waals surface area contributed by atoms with Crippen LogP contribution in [0.3, 0.4) is 0 Å². The van der Waals surface area contributed by atoms with E-state index in [0.717, 1.165) is 0 Å². The Balaban J connectivity index is 2.33. The second-order valence-corrected chi connectivity index (χ2v) is 6.12. The molecule has 0 aliphatic carbocycles. The van der Waals surface area contributed by atoms with E-state index in [4.69, 9.17) is 9.47 Å². The molecule has 0 bridgehead atoms. The van der Waals surface area contributed by atoms with Gasteiger partial charge in [-0.05, 0) is 32.9 Å². The molecule has 0 saturated heterocycles. The van der Waals surface area contributed by atoms with Gasteiger partial charge in [0.1, 0.15) is 24.4 Å². The van der Waals surface area contributed by atoms with Gasteiger partial charge in [0.25, 0.3) is 0 Å². The highest BCUT2D eigenvalue weighted by atomic mass is 16.6. The van der Waals surface area contributed by atoms with Crippen molar-refractivity contribution in [1.82, 2.24) is 0 Å². The number of aliphatic hydroxyl groups is 1. The summed E-state index contributed by atoms with van der Waals surface area (Å²) >= 11 is 0. The maximum Gasteiger partial charge on any atom is 0.338 e. The van der Waals surface area contributed by atoms with Gasteiger partial charge in [0, 0.05) is 6.42 Å². The fourth-order valence-corrected chi connectivity index (χ4v) is 1.76. The number of esters is 2. The fourth-order valence-electron chi connectivity index (χ4n) is 1.76. The molecule has 0 aliphatic heterocycles. The topological polar surface area (TPSA) is 89.9 Å². The second-order valence-electron chi connectivity index (χ2n) is 6.12. The quantitative estimate of drug-likeness (QED) is 0.609. The molecule has 1 unspecified atom stereocenters. The van der Waals surface area contributed by atoms with E-state index >= 15 is 0 Å². The number of ketones is 1. The Labute approximate surface area is 135 Å². The van der Waals surface area contributed by atoms with Crippen molar-refractivity contribution in [3.63, 3.8) is 0 Å². The van der Waals surface area contributed by atoms with Gasteiger partial charge in [-0.2, -0.15) is 0 Å². The number of hydrogen-bond donors (Lipinski definition) is 1. The molecule has 6 nitrogen and oxygen atoms in total. The van der Waals surface area contributed by atoms with Crippen molar-refractivity contribution in [1.29, 1.82) is 0 Å². The molecule has 0 aliphatic rings. The Morgan fingerprint density at radius 1 is 1.13 bits per heavy atom. The first-order valence-electron chi connectivity index (χ1n) is 7.31. The summed E-state index contributed by atoms with van der Waals surface area (Å²) in [6.45, 7) is 4.79. The first-order valence-corrected chi connectivity index (χ1v) is 7.31. The number of Topliss-reactive ketones (excluding diaryl/α,β-unsaturated/α-hetero) is 1. The molecule has 0 spiro atoms. The summed E-state index contributed by atoms with van der Waals surface area (Å²) in [5.41, 5.74) is -0.305. The molecule has 0 radical (unpaired) electrons. The zero-order valence-electron chi connectivity index (χ0n) is 13.6. The predicted molar refractivity (Wildman–Crippen MR) is 82.8 cm³/mol. The van der Waals surface area contributed by atoms with Gasteiger partial charge in [-0.3, -0.25) is 9.59 Å². The van der Waals surface area contributed by atoms with Crippen molar-refractivity contribution in [2.75, 3.05) is 6.61 Å². The molecule has 0 amide bonds. The van der Waals surface area contributed by atoms with Crippen molar-refractivity contribution in [2.24, 2.45) is 0 Å². The van der Waals surface area contributed by atoms with Gasteiger partial charge in [-0.15, -0.1) is 0 Å². The Morgan fingerprint density at radius 2 is 1.74 bits per heavy atom. The van der Waals surface area contributed by atoms with Crippen LogP contribution < -0.4 is 0 Å². The van der Waals surface area contributed by atoms with E-state index in [-0.39, 0.29) is 13.0 Å². The van der Waals surface area contributed by atoms with E-state index in [1.807, 2.05) is 0 Å². The van der Waals surface area contributed by atoms with Crippen molar-refractivity contribution in [2.45, 2.75) is 45.3 Å². The van der Waals surface area contributed by atoms with Crippen LogP contribution in [-0.4, -0.2) is 41.1 Å². The number of carbonyl (C=O) groups excluding carboxylic acids is 3. The van der Waals surface area contributed by atoms with Crippen LogP contribution in [-0.2, 0) is 19.1 Å². The summed E-state index contributed by atoms with van der Waals surface area (Å²) in [7, 11) is 0. The van der Waals surface area contributed by atoms with Gasteiger partial charge in [0.15, 0.2) is 0 Å². The third-order valence-corrected chi connectivity index (χ3v) is 2.64. The zero-order chi connectivity index (χ0) is 17.5. The summed E-state index contributed by atoms with van der Waals surface area (Å²) in [5, 5.41) is 9.71. The number of hydrogen-bond acceptors (Lipinski definition) is 6. The van der Waals surface area contributed by atoms with E-state index in [0.29, 0.717) is 5.56 Å². The molecule has 1 rings (SSSR count). The minimum absolute atomic E-state index is 0.276. The lowest BCUT2D eigenvalue weighted by Gasteiger charge is -2.19. The summed E-state index contributed by atoms with van der Waals surface area (Å²) in [5.74, 6) is -1.69. The minimum Gasteiger partial charge on any atom is -0.460 e. The van der Waals surface area contributed by atoms with Crippen LogP contribution in [0.15, 0.2) is 30.3 Å². The lowest BCUT2D eigenvalue weighted by Crippen LogP contribution is -2.27. The van der Waals surface area contributed by atoms with E-state index in [1.165, 1.54) is 0 Å². The SMILES string of the molecule is CC(C)(C)OC(=O)CC(=O)CC(O)COC(=O)c1ccccc1. The van der Waals surface area contributed by atoms with Crippen molar-refractivity contribution in [3.05, 3.63) is 35.9 Å². The monoisotopic (exact) mass is 322 g/mol. The maximum absolute atomic E-state index is 11.7. The van der Waals surface area contributed by atoms with Crippen LogP contribution >= 0.6 is 0 Å². The zero-order valence-corrected chi connectivity index (χ0v) is 13.6. The third kappa shape index (κ3) is 8.11. The van der Waals surface area contributed by atoms with Crippen molar-refractivity contribution in [3.8, 4) is 0 Å². The summed E-state index contributed by atoms with van der Waals surface area (Å²) in [4.78, 5) is 34.8. The number of carbonyl (C=O) groups is 3. The first-order chi connectivity index (χ1) is 10.7. The van der Waals surface area contributed by atoms with Crippen molar-refractivity contribution >= 4 is 17.7 Å². The van der Waals surface area contributed by atoms with Gasteiger partial charge in [0.2, 0.25) is 0 Å². The van der Waals surface area contributed by atoms with Gasteiger partial charge < -0.3 is 14.6 Å². The smallest absolute Gasteiger partial charge is 0.338 e. The maximum atomic E-state index is 11.7. The number of aliphatic hydroxyl groups excluding tert-OH is 1. The highest BCUT2D eigenvalue weighted by Gasteiger charge is 2.21. The van der Waals surface area contributed by atoms with E-state index in [2.05, 4.69) is 0 Å².